The summed E-state index contributed by atoms with van der Waals surface area (Å²) < 4.78 is 32.3. The molecule has 7 heteroatoms. The highest BCUT2D eigenvalue weighted by molar-refractivity contribution is 7.89. The van der Waals surface area contributed by atoms with Crippen LogP contribution in [0.25, 0.3) is 0 Å². The van der Waals surface area contributed by atoms with Crippen molar-refractivity contribution >= 4 is 16.0 Å². The Hall–Kier alpha value is -1.44. The van der Waals surface area contributed by atoms with Crippen molar-refractivity contribution in [3.8, 4) is 0 Å². The van der Waals surface area contributed by atoms with Crippen LogP contribution in [0.3, 0.4) is 0 Å². The Labute approximate surface area is 117 Å². The average Bonchev–Trinajstić information content (AvgIpc) is 2.85. The molecule has 2 N–H and O–H groups in total. The van der Waals surface area contributed by atoms with Crippen LogP contribution in [0.1, 0.15) is 29.6 Å². The van der Waals surface area contributed by atoms with Gasteiger partial charge in [-0.3, -0.25) is 0 Å². The van der Waals surface area contributed by atoms with Crippen molar-refractivity contribution in [2.75, 3.05) is 7.11 Å². The third-order valence-corrected chi connectivity index (χ3v) is 4.98. The zero-order valence-corrected chi connectivity index (χ0v) is 11.9. The van der Waals surface area contributed by atoms with Gasteiger partial charge >= 0.3 is 5.97 Å². The van der Waals surface area contributed by atoms with Crippen LogP contribution in [0.4, 0.5) is 0 Å². The Morgan fingerprint density at radius 1 is 1.30 bits per heavy atom. The second-order valence-electron chi connectivity index (χ2n) is 4.76. The Morgan fingerprint density at radius 3 is 2.50 bits per heavy atom. The number of nitrogens with one attached hydrogen (secondary N) is 1. The van der Waals surface area contributed by atoms with E-state index in [0.717, 1.165) is 19.3 Å². The summed E-state index contributed by atoms with van der Waals surface area (Å²) in [5.74, 6) is -1.09. The van der Waals surface area contributed by atoms with E-state index < -0.39 is 16.0 Å². The number of hydrogen-bond donors (Lipinski definition) is 2. The fourth-order valence-electron chi connectivity index (χ4n) is 2.39. The molecule has 0 saturated heterocycles. The van der Waals surface area contributed by atoms with Gasteiger partial charge in [0, 0.05) is 13.2 Å². The zero-order chi connectivity index (χ0) is 14.8. The molecule has 6 nitrogen and oxygen atoms in total. The summed E-state index contributed by atoms with van der Waals surface area (Å²) in [7, 11) is -2.08. The smallest absolute Gasteiger partial charge is 0.335 e. The van der Waals surface area contributed by atoms with Gasteiger partial charge in [0.1, 0.15) is 0 Å². The molecular formula is C13H17NO5S. The van der Waals surface area contributed by atoms with Gasteiger partial charge in [-0.05, 0) is 43.5 Å². The van der Waals surface area contributed by atoms with Gasteiger partial charge in [0.15, 0.2) is 0 Å². The van der Waals surface area contributed by atoms with Gasteiger partial charge in [0.05, 0.1) is 16.6 Å². The van der Waals surface area contributed by atoms with E-state index in [1.54, 1.807) is 7.11 Å². The van der Waals surface area contributed by atoms with Gasteiger partial charge in [0.25, 0.3) is 0 Å². The normalized spacial score (nSPS) is 22.9. The topological polar surface area (TPSA) is 92.7 Å². The third-order valence-electron chi connectivity index (χ3n) is 3.47. The highest BCUT2D eigenvalue weighted by Gasteiger charge is 2.31. The van der Waals surface area contributed by atoms with Crippen molar-refractivity contribution in [3.63, 3.8) is 0 Å². The van der Waals surface area contributed by atoms with Crippen molar-refractivity contribution in [3.05, 3.63) is 29.8 Å². The van der Waals surface area contributed by atoms with Crippen LogP contribution in [0.15, 0.2) is 29.2 Å². The zero-order valence-electron chi connectivity index (χ0n) is 11.1. The fraction of sp³-hybridized carbons (Fsp3) is 0.462. The summed E-state index contributed by atoms with van der Waals surface area (Å²) in [5.41, 5.74) is 0.0552. The van der Waals surface area contributed by atoms with E-state index in [2.05, 4.69) is 4.72 Å². The molecule has 0 radical (unpaired) electrons. The molecular weight excluding hydrogens is 282 g/mol. The molecule has 0 spiro atoms. The molecule has 0 amide bonds. The SMILES string of the molecule is COC1CCCC1NS(=O)(=O)c1ccc(C(=O)O)cc1. The van der Waals surface area contributed by atoms with Crippen LogP contribution >= 0.6 is 0 Å². The minimum Gasteiger partial charge on any atom is -0.478 e. The van der Waals surface area contributed by atoms with E-state index in [0.29, 0.717) is 0 Å². The van der Waals surface area contributed by atoms with Crippen LogP contribution in [-0.4, -0.2) is 38.7 Å². The number of aromatic carboxylic acids is 1. The van der Waals surface area contributed by atoms with E-state index in [-0.39, 0.29) is 22.6 Å². The standard InChI is InChI=1S/C13H17NO5S/c1-19-12-4-2-3-11(12)14-20(17,18)10-7-5-9(6-8-10)13(15)16/h5-8,11-12,14H,2-4H2,1H3,(H,15,16). The highest BCUT2D eigenvalue weighted by Crippen LogP contribution is 2.23. The lowest BCUT2D eigenvalue weighted by molar-refractivity contribution is 0.0696. The van der Waals surface area contributed by atoms with Crippen molar-refractivity contribution in [1.29, 1.82) is 0 Å². The summed E-state index contributed by atoms with van der Waals surface area (Å²) in [6.45, 7) is 0. The van der Waals surface area contributed by atoms with Crippen LogP contribution in [0, 0.1) is 0 Å². The first-order valence-corrected chi connectivity index (χ1v) is 7.81. The minimum atomic E-state index is -3.65. The number of ether oxygens (including phenoxy) is 1. The molecule has 2 atom stereocenters. The molecule has 0 heterocycles. The first-order valence-electron chi connectivity index (χ1n) is 6.32. The lowest BCUT2D eigenvalue weighted by Crippen LogP contribution is -2.40. The van der Waals surface area contributed by atoms with E-state index >= 15 is 0 Å². The molecule has 2 rings (SSSR count). The summed E-state index contributed by atoms with van der Waals surface area (Å²) in [4.78, 5) is 10.8. The first-order chi connectivity index (χ1) is 9.44. The Morgan fingerprint density at radius 2 is 1.95 bits per heavy atom. The molecule has 1 aromatic rings. The third kappa shape index (κ3) is 3.17. The van der Waals surface area contributed by atoms with Gasteiger partial charge in [-0.15, -0.1) is 0 Å². The molecule has 0 bridgehead atoms. The quantitative estimate of drug-likeness (QED) is 0.853. The number of carboxylic acid groups (broad SMARTS) is 1. The second kappa shape index (κ2) is 5.90. The largest absolute Gasteiger partial charge is 0.478 e. The number of rotatable bonds is 5. The molecule has 0 aliphatic heterocycles. The monoisotopic (exact) mass is 299 g/mol. The van der Waals surface area contributed by atoms with Gasteiger partial charge in [0.2, 0.25) is 10.0 Å². The van der Waals surface area contributed by atoms with E-state index in [1.807, 2.05) is 0 Å². The Balaban J connectivity index is 2.15. The number of methoxy groups -OCH3 is 1. The summed E-state index contributed by atoms with van der Waals surface area (Å²) in [6.07, 6.45) is 2.39. The van der Waals surface area contributed by atoms with Crippen LogP contribution in [0.5, 0.6) is 0 Å². The van der Waals surface area contributed by atoms with Crippen LogP contribution < -0.4 is 4.72 Å². The van der Waals surface area contributed by atoms with E-state index in [4.69, 9.17) is 9.84 Å². The van der Waals surface area contributed by atoms with E-state index in [9.17, 15) is 13.2 Å². The summed E-state index contributed by atoms with van der Waals surface area (Å²) >= 11 is 0. The number of carbonyl (C=O) groups is 1. The molecule has 20 heavy (non-hydrogen) atoms. The van der Waals surface area contributed by atoms with Crippen molar-refractivity contribution in [2.45, 2.75) is 36.3 Å². The highest BCUT2D eigenvalue weighted by atomic mass is 32.2. The molecule has 1 aliphatic carbocycles. The summed E-state index contributed by atoms with van der Waals surface area (Å²) in [5, 5.41) is 8.79. The van der Waals surface area contributed by atoms with Gasteiger partial charge in [-0.25, -0.2) is 17.9 Å². The predicted octanol–water partition coefficient (Wildman–Crippen LogP) is 1.23. The molecule has 110 valence electrons. The Kier molecular flexibility index (Phi) is 4.42. The maximum atomic E-state index is 12.2. The van der Waals surface area contributed by atoms with Gasteiger partial charge < -0.3 is 9.84 Å². The fourth-order valence-corrected chi connectivity index (χ4v) is 3.69. The average molecular weight is 299 g/mol. The number of sulfonamides is 1. The number of hydrogen-bond acceptors (Lipinski definition) is 4. The minimum absolute atomic E-state index is 0.0552. The van der Waals surface area contributed by atoms with Gasteiger partial charge in [-0.1, -0.05) is 0 Å². The van der Waals surface area contributed by atoms with E-state index in [1.165, 1.54) is 24.3 Å². The maximum Gasteiger partial charge on any atom is 0.335 e. The molecule has 1 fully saturated rings. The molecule has 1 saturated carbocycles. The molecule has 1 aromatic carbocycles. The molecule has 0 aromatic heterocycles. The number of benzene rings is 1. The molecule has 2 unspecified atom stereocenters. The first kappa shape index (κ1) is 15.0. The second-order valence-corrected chi connectivity index (χ2v) is 6.48. The van der Waals surface area contributed by atoms with Crippen molar-refractivity contribution < 1.29 is 23.1 Å². The van der Waals surface area contributed by atoms with Crippen LogP contribution in [0.2, 0.25) is 0 Å². The van der Waals surface area contributed by atoms with Gasteiger partial charge in [-0.2, -0.15) is 0 Å². The summed E-state index contributed by atoms with van der Waals surface area (Å²) in [6, 6.07) is 4.91. The number of carboxylic acids is 1. The van der Waals surface area contributed by atoms with Crippen molar-refractivity contribution in [1.82, 2.24) is 4.72 Å². The lowest BCUT2D eigenvalue weighted by atomic mass is 10.2. The van der Waals surface area contributed by atoms with Crippen molar-refractivity contribution in [2.24, 2.45) is 0 Å². The maximum absolute atomic E-state index is 12.2. The van der Waals surface area contributed by atoms with Crippen LogP contribution in [-0.2, 0) is 14.8 Å². The lowest BCUT2D eigenvalue weighted by Gasteiger charge is -2.19. The molecule has 1 aliphatic rings. The predicted molar refractivity (Wildman–Crippen MR) is 72.2 cm³/mol. The Bertz CT molecular complexity index is 581.